The summed E-state index contributed by atoms with van der Waals surface area (Å²) < 4.78 is 0. The summed E-state index contributed by atoms with van der Waals surface area (Å²) in [7, 11) is 0. The molecule has 13 heavy (non-hydrogen) atoms. The molecule has 1 aromatic rings. The minimum absolute atomic E-state index is 0.484. The van der Waals surface area contributed by atoms with Crippen LogP contribution in [-0.4, -0.2) is 22.2 Å². The van der Waals surface area contributed by atoms with Crippen molar-refractivity contribution in [2.45, 2.75) is 11.9 Å². The molecule has 0 spiro atoms. The van der Waals surface area contributed by atoms with E-state index in [2.05, 4.69) is 10.1 Å². The van der Waals surface area contributed by atoms with Crippen LogP contribution in [-0.2, 0) is 0 Å². The number of hydrogen-bond acceptors (Lipinski definition) is 4. The fraction of sp³-hybridized carbons (Fsp3) is 0.250. The highest BCUT2D eigenvalue weighted by atomic mass is 35.5. The van der Waals surface area contributed by atoms with Crippen LogP contribution < -0.4 is 0 Å². The van der Waals surface area contributed by atoms with Gasteiger partial charge < -0.3 is 5.21 Å². The zero-order valence-electron chi connectivity index (χ0n) is 7.07. The van der Waals surface area contributed by atoms with Gasteiger partial charge in [0.25, 0.3) is 0 Å². The normalized spacial score (nSPS) is 10.9. The van der Waals surface area contributed by atoms with Crippen molar-refractivity contribution >= 4 is 29.6 Å². The highest BCUT2D eigenvalue weighted by Gasteiger charge is 2.00. The lowest BCUT2D eigenvalue weighted by Crippen LogP contribution is -1.88. The fourth-order valence-electron chi connectivity index (χ4n) is 0.822. The first-order valence-corrected chi connectivity index (χ1v) is 5.10. The first-order valence-electron chi connectivity index (χ1n) is 3.73. The van der Waals surface area contributed by atoms with Crippen LogP contribution in [0.15, 0.2) is 22.4 Å². The maximum atomic E-state index is 8.35. The van der Waals surface area contributed by atoms with E-state index in [-0.39, 0.29) is 0 Å². The second kappa shape index (κ2) is 5.09. The van der Waals surface area contributed by atoms with Gasteiger partial charge in [-0.1, -0.05) is 23.7 Å². The molecule has 3 nitrogen and oxygen atoms in total. The Bertz CT molecular complexity index is 317. The van der Waals surface area contributed by atoms with Gasteiger partial charge >= 0.3 is 0 Å². The lowest BCUT2D eigenvalue weighted by molar-refractivity contribution is 0.322. The molecule has 0 aliphatic carbocycles. The molecule has 0 atom stereocenters. The number of thioether (sulfide) groups is 1. The van der Waals surface area contributed by atoms with E-state index in [1.165, 1.54) is 6.21 Å². The number of pyridine rings is 1. The Labute approximate surface area is 85.8 Å². The van der Waals surface area contributed by atoms with Crippen molar-refractivity contribution in [1.29, 1.82) is 0 Å². The van der Waals surface area contributed by atoms with Gasteiger partial charge in [-0.3, -0.25) is 0 Å². The molecule has 0 saturated carbocycles. The summed E-state index contributed by atoms with van der Waals surface area (Å²) in [4.78, 5) is 4.10. The van der Waals surface area contributed by atoms with E-state index >= 15 is 0 Å². The van der Waals surface area contributed by atoms with Gasteiger partial charge in [0.1, 0.15) is 0 Å². The predicted octanol–water partition coefficient (Wildman–Crippen LogP) is 2.66. The van der Waals surface area contributed by atoms with Crippen molar-refractivity contribution < 1.29 is 5.21 Å². The molecule has 0 aliphatic rings. The number of aromatic nitrogens is 1. The van der Waals surface area contributed by atoms with Crippen LogP contribution >= 0.6 is 23.4 Å². The van der Waals surface area contributed by atoms with Crippen LogP contribution in [0.1, 0.15) is 12.5 Å². The summed E-state index contributed by atoms with van der Waals surface area (Å²) >= 11 is 7.41. The Morgan fingerprint density at radius 1 is 1.77 bits per heavy atom. The van der Waals surface area contributed by atoms with E-state index in [0.717, 1.165) is 10.8 Å². The maximum absolute atomic E-state index is 8.35. The highest BCUT2D eigenvalue weighted by Crippen LogP contribution is 2.20. The quantitative estimate of drug-likeness (QED) is 0.366. The van der Waals surface area contributed by atoms with E-state index in [9.17, 15) is 0 Å². The van der Waals surface area contributed by atoms with E-state index in [4.69, 9.17) is 16.8 Å². The van der Waals surface area contributed by atoms with Crippen molar-refractivity contribution in [1.82, 2.24) is 4.98 Å². The van der Waals surface area contributed by atoms with Crippen molar-refractivity contribution in [3.63, 3.8) is 0 Å². The minimum Gasteiger partial charge on any atom is -0.411 e. The highest BCUT2D eigenvalue weighted by molar-refractivity contribution is 7.99. The standard InChI is InChI=1S/C8H9ClN2OS/c1-2-13-8-3-6(4-11-12)7(9)5-10-8/h3-5,12H,2H2,1H3. The van der Waals surface area contributed by atoms with Gasteiger partial charge in [-0.2, -0.15) is 0 Å². The molecule has 0 aliphatic heterocycles. The first-order chi connectivity index (χ1) is 6.27. The molecule has 0 aromatic carbocycles. The van der Waals surface area contributed by atoms with Gasteiger partial charge in [0.2, 0.25) is 0 Å². The minimum atomic E-state index is 0.484. The van der Waals surface area contributed by atoms with Crippen molar-refractivity contribution in [3.8, 4) is 0 Å². The summed E-state index contributed by atoms with van der Waals surface area (Å²) in [5.41, 5.74) is 0.676. The number of rotatable bonds is 3. The molecule has 1 heterocycles. The molecular weight excluding hydrogens is 208 g/mol. The van der Waals surface area contributed by atoms with E-state index in [0.29, 0.717) is 10.6 Å². The van der Waals surface area contributed by atoms with Crippen molar-refractivity contribution in [3.05, 3.63) is 22.8 Å². The Morgan fingerprint density at radius 3 is 3.15 bits per heavy atom. The van der Waals surface area contributed by atoms with Gasteiger partial charge in [0.05, 0.1) is 16.3 Å². The summed E-state index contributed by atoms with van der Waals surface area (Å²) in [6, 6.07) is 1.79. The van der Waals surface area contributed by atoms with Crippen LogP contribution in [0, 0.1) is 0 Å². The maximum Gasteiger partial charge on any atom is 0.0967 e. The summed E-state index contributed by atoms with van der Waals surface area (Å²) in [5.74, 6) is 0.949. The zero-order chi connectivity index (χ0) is 9.68. The average Bonchev–Trinajstić information content (AvgIpc) is 2.12. The molecule has 5 heteroatoms. The third-order valence-corrected chi connectivity index (χ3v) is 2.47. The number of nitrogens with zero attached hydrogens (tertiary/aromatic N) is 2. The summed E-state index contributed by atoms with van der Waals surface area (Å²) in [6.45, 7) is 2.04. The predicted molar refractivity (Wildman–Crippen MR) is 55.0 cm³/mol. The van der Waals surface area contributed by atoms with Gasteiger partial charge in [-0.25, -0.2) is 4.98 Å². The Hall–Kier alpha value is -0.740. The van der Waals surface area contributed by atoms with E-state index in [1.807, 2.05) is 6.92 Å². The van der Waals surface area contributed by atoms with Gasteiger partial charge in [-0.05, 0) is 11.8 Å². The van der Waals surface area contributed by atoms with E-state index in [1.54, 1.807) is 24.0 Å². The van der Waals surface area contributed by atoms with Crippen LogP contribution in [0.3, 0.4) is 0 Å². The third kappa shape index (κ3) is 2.90. The van der Waals surface area contributed by atoms with Gasteiger partial charge in [0.15, 0.2) is 0 Å². The fourth-order valence-corrected chi connectivity index (χ4v) is 1.61. The second-order valence-corrected chi connectivity index (χ2v) is 3.91. The zero-order valence-corrected chi connectivity index (χ0v) is 8.64. The van der Waals surface area contributed by atoms with Crippen LogP contribution in [0.5, 0.6) is 0 Å². The molecule has 1 aromatic heterocycles. The topological polar surface area (TPSA) is 45.5 Å². The molecule has 70 valence electrons. The van der Waals surface area contributed by atoms with Crippen LogP contribution in [0.4, 0.5) is 0 Å². The number of halogens is 1. The number of hydrogen-bond donors (Lipinski definition) is 1. The van der Waals surface area contributed by atoms with Crippen molar-refractivity contribution in [2.24, 2.45) is 5.16 Å². The van der Waals surface area contributed by atoms with E-state index < -0.39 is 0 Å². The van der Waals surface area contributed by atoms with Crippen LogP contribution in [0.2, 0.25) is 5.02 Å². The lowest BCUT2D eigenvalue weighted by atomic mass is 10.3. The summed E-state index contributed by atoms with van der Waals surface area (Å²) in [6.07, 6.45) is 2.85. The second-order valence-electron chi connectivity index (χ2n) is 2.22. The molecule has 0 radical (unpaired) electrons. The third-order valence-electron chi connectivity index (χ3n) is 1.35. The molecule has 0 amide bonds. The van der Waals surface area contributed by atoms with Gasteiger partial charge in [0, 0.05) is 11.8 Å². The Balaban J connectivity index is 2.96. The molecule has 1 rings (SSSR count). The lowest BCUT2D eigenvalue weighted by Gasteiger charge is -2.00. The summed E-state index contributed by atoms with van der Waals surface area (Å²) in [5, 5.41) is 12.6. The molecule has 1 N–H and O–H groups in total. The monoisotopic (exact) mass is 216 g/mol. The molecule has 0 fully saturated rings. The number of oxime groups is 1. The molecule has 0 saturated heterocycles. The van der Waals surface area contributed by atoms with Crippen molar-refractivity contribution in [2.75, 3.05) is 5.75 Å². The Kier molecular flexibility index (Phi) is 4.05. The van der Waals surface area contributed by atoms with Crippen LogP contribution in [0.25, 0.3) is 0 Å². The largest absolute Gasteiger partial charge is 0.411 e. The van der Waals surface area contributed by atoms with Gasteiger partial charge in [-0.15, -0.1) is 11.8 Å². The molecular formula is C8H9ClN2OS. The molecule has 0 unspecified atom stereocenters. The SMILES string of the molecule is CCSc1cc(C=NO)c(Cl)cn1. The Morgan fingerprint density at radius 2 is 2.54 bits per heavy atom. The molecule has 0 bridgehead atoms. The first kappa shape index (κ1) is 10.3. The average molecular weight is 217 g/mol. The smallest absolute Gasteiger partial charge is 0.0967 e.